The lowest BCUT2D eigenvalue weighted by Gasteiger charge is -2.37. The fraction of sp³-hybridized carbons (Fsp3) is 0.933. The Hall–Kier alpha value is -0.570. The second kappa shape index (κ2) is 6.05. The molecule has 106 valence electrons. The van der Waals surface area contributed by atoms with Gasteiger partial charge in [0.1, 0.15) is 0 Å². The summed E-state index contributed by atoms with van der Waals surface area (Å²) in [7, 11) is 2.19. The summed E-state index contributed by atoms with van der Waals surface area (Å²) >= 11 is 0. The van der Waals surface area contributed by atoms with Crippen molar-refractivity contribution in [3.63, 3.8) is 0 Å². The Kier molecular flexibility index (Phi) is 5.20. The molecule has 1 amide bonds. The van der Waals surface area contributed by atoms with Gasteiger partial charge in [-0.2, -0.15) is 0 Å². The van der Waals surface area contributed by atoms with Crippen LogP contribution in [0, 0.1) is 11.3 Å². The first-order valence-corrected chi connectivity index (χ1v) is 7.21. The number of carbonyl (C=O) groups is 1. The first kappa shape index (κ1) is 15.5. The smallest absolute Gasteiger partial charge is 0.227 e. The number of rotatable bonds is 3. The van der Waals surface area contributed by atoms with E-state index in [4.69, 9.17) is 0 Å². The average Bonchev–Trinajstić information content (AvgIpc) is 2.27. The average molecular weight is 254 g/mol. The van der Waals surface area contributed by atoms with Gasteiger partial charge in [-0.1, -0.05) is 20.8 Å². The molecule has 0 bridgehead atoms. The van der Waals surface area contributed by atoms with Crippen LogP contribution in [0.15, 0.2) is 0 Å². The summed E-state index contributed by atoms with van der Waals surface area (Å²) in [6.45, 7) is 13.5. The summed E-state index contributed by atoms with van der Waals surface area (Å²) in [6, 6.07) is 0.610. The topological polar surface area (TPSA) is 23.6 Å². The standard InChI is InChI=1S/C15H30N2O/c1-12(2)16(6)11-13-7-9-17(10-8-13)14(18)15(3,4)5/h12-13H,7-11H2,1-6H3. The van der Waals surface area contributed by atoms with Crippen molar-refractivity contribution >= 4 is 5.91 Å². The van der Waals surface area contributed by atoms with Crippen molar-refractivity contribution in [2.45, 2.75) is 53.5 Å². The Bertz CT molecular complexity index is 273. The van der Waals surface area contributed by atoms with Crippen molar-refractivity contribution in [2.75, 3.05) is 26.7 Å². The van der Waals surface area contributed by atoms with Crippen LogP contribution in [0.25, 0.3) is 0 Å². The van der Waals surface area contributed by atoms with Gasteiger partial charge in [0.2, 0.25) is 5.91 Å². The van der Waals surface area contributed by atoms with Crippen molar-refractivity contribution in [3.05, 3.63) is 0 Å². The van der Waals surface area contributed by atoms with Crippen molar-refractivity contribution in [1.82, 2.24) is 9.80 Å². The van der Waals surface area contributed by atoms with Gasteiger partial charge in [0, 0.05) is 31.1 Å². The summed E-state index contributed by atoms with van der Waals surface area (Å²) < 4.78 is 0. The summed E-state index contributed by atoms with van der Waals surface area (Å²) in [5.74, 6) is 1.06. The van der Waals surface area contributed by atoms with Gasteiger partial charge in [-0.05, 0) is 39.7 Å². The number of hydrogen-bond donors (Lipinski definition) is 0. The van der Waals surface area contributed by atoms with Gasteiger partial charge in [-0.3, -0.25) is 4.79 Å². The van der Waals surface area contributed by atoms with E-state index in [0.29, 0.717) is 11.9 Å². The molecule has 0 aromatic rings. The maximum absolute atomic E-state index is 12.2. The molecule has 1 aliphatic heterocycles. The largest absolute Gasteiger partial charge is 0.342 e. The van der Waals surface area contributed by atoms with E-state index in [0.717, 1.165) is 38.4 Å². The van der Waals surface area contributed by atoms with Crippen molar-refractivity contribution in [2.24, 2.45) is 11.3 Å². The number of likely N-dealkylation sites (tertiary alicyclic amines) is 1. The highest BCUT2D eigenvalue weighted by Crippen LogP contribution is 2.24. The SMILES string of the molecule is CC(C)N(C)CC1CCN(C(=O)C(C)(C)C)CC1. The summed E-state index contributed by atoms with van der Waals surface area (Å²) in [5, 5.41) is 0. The number of carbonyl (C=O) groups excluding carboxylic acids is 1. The van der Waals surface area contributed by atoms with Gasteiger partial charge >= 0.3 is 0 Å². The van der Waals surface area contributed by atoms with Crippen LogP contribution in [0.1, 0.15) is 47.5 Å². The fourth-order valence-electron chi connectivity index (χ4n) is 2.41. The zero-order valence-electron chi connectivity index (χ0n) is 13.0. The molecule has 0 spiro atoms. The van der Waals surface area contributed by atoms with Gasteiger partial charge in [0.25, 0.3) is 0 Å². The highest BCUT2D eigenvalue weighted by atomic mass is 16.2. The molecule has 1 saturated heterocycles. The van der Waals surface area contributed by atoms with Gasteiger partial charge in [0.05, 0.1) is 0 Å². The Morgan fingerprint density at radius 3 is 2.17 bits per heavy atom. The Labute approximate surface area is 113 Å². The lowest BCUT2D eigenvalue weighted by molar-refractivity contribution is -0.141. The van der Waals surface area contributed by atoms with Crippen LogP contribution in [0.2, 0.25) is 0 Å². The molecule has 1 fully saturated rings. The Morgan fingerprint density at radius 2 is 1.78 bits per heavy atom. The maximum Gasteiger partial charge on any atom is 0.227 e. The summed E-state index contributed by atoms with van der Waals surface area (Å²) in [5.41, 5.74) is -0.235. The van der Waals surface area contributed by atoms with Crippen molar-refractivity contribution < 1.29 is 4.79 Å². The van der Waals surface area contributed by atoms with Crippen molar-refractivity contribution in [1.29, 1.82) is 0 Å². The maximum atomic E-state index is 12.2. The number of nitrogens with zero attached hydrogens (tertiary/aromatic N) is 2. The van der Waals surface area contributed by atoms with E-state index in [2.05, 4.69) is 25.8 Å². The third-order valence-electron chi connectivity index (χ3n) is 3.97. The normalized spacial score (nSPS) is 18.8. The number of amides is 1. The minimum Gasteiger partial charge on any atom is -0.342 e. The zero-order valence-corrected chi connectivity index (χ0v) is 13.0. The molecule has 0 aliphatic carbocycles. The molecule has 0 atom stereocenters. The molecule has 0 aromatic carbocycles. The first-order chi connectivity index (χ1) is 8.21. The van der Waals surface area contributed by atoms with E-state index >= 15 is 0 Å². The third-order valence-corrected chi connectivity index (χ3v) is 3.97. The molecule has 0 unspecified atom stereocenters. The second-order valence-electron chi connectivity index (χ2n) is 7.02. The first-order valence-electron chi connectivity index (χ1n) is 7.21. The quantitative estimate of drug-likeness (QED) is 0.773. The van der Waals surface area contributed by atoms with E-state index in [-0.39, 0.29) is 5.41 Å². The monoisotopic (exact) mass is 254 g/mol. The molecular formula is C15H30N2O. The van der Waals surface area contributed by atoms with Crippen LogP contribution >= 0.6 is 0 Å². The molecule has 3 nitrogen and oxygen atoms in total. The Morgan fingerprint density at radius 1 is 1.28 bits per heavy atom. The predicted molar refractivity (Wildman–Crippen MR) is 76.5 cm³/mol. The highest BCUT2D eigenvalue weighted by molar-refractivity contribution is 5.81. The number of piperidine rings is 1. The number of hydrogen-bond acceptors (Lipinski definition) is 2. The van der Waals surface area contributed by atoms with Gasteiger partial charge in [-0.25, -0.2) is 0 Å². The van der Waals surface area contributed by atoms with E-state index in [9.17, 15) is 4.79 Å². The molecule has 1 heterocycles. The van der Waals surface area contributed by atoms with E-state index in [1.54, 1.807) is 0 Å². The predicted octanol–water partition coefficient (Wildman–Crippen LogP) is 2.61. The molecule has 0 N–H and O–H groups in total. The molecule has 1 aliphatic rings. The third kappa shape index (κ3) is 4.27. The van der Waals surface area contributed by atoms with Gasteiger partial charge in [-0.15, -0.1) is 0 Å². The van der Waals surface area contributed by atoms with Crippen LogP contribution in [-0.4, -0.2) is 48.4 Å². The second-order valence-corrected chi connectivity index (χ2v) is 7.02. The summed E-state index contributed by atoms with van der Waals surface area (Å²) in [4.78, 5) is 16.6. The molecule has 3 heteroatoms. The van der Waals surface area contributed by atoms with Gasteiger partial charge in [0.15, 0.2) is 0 Å². The van der Waals surface area contributed by atoms with Crippen LogP contribution in [-0.2, 0) is 4.79 Å². The van der Waals surface area contributed by atoms with E-state index < -0.39 is 0 Å². The zero-order chi connectivity index (χ0) is 13.9. The fourth-order valence-corrected chi connectivity index (χ4v) is 2.41. The summed E-state index contributed by atoms with van der Waals surface area (Å²) in [6.07, 6.45) is 2.30. The van der Waals surface area contributed by atoms with Crippen LogP contribution in [0.5, 0.6) is 0 Å². The lowest BCUT2D eigenvalue weighted by Crippen LogP contribution is -2.45. The van der Waals surface area contributed by atoms with E-state index in [1.165, 1.54) is 0 Å². The molecule has 18 heavy (non-hydrogen) atoms. The Balaban J connectivity index is 2.40. The molecule has 1 rings (SSSR count). The minimum absolute atomic E-state index is 0.235. The molecule has 0 radical (unpaired) electrons. The molecule has 0 aromatic heterocycles. The van der Waals surface area contributed by atoms with Gasteiger partial charge < -0.3 is 9.80 Å². The van der Waals surface area contributed by atoms with Crippen LogP contribution in [0.4, 0.5) is 0 Å². The highest BCUT2D eigenvalue weighted by Gasteiger charge is 2.30. The molecular weight excluding hydrogens is 224 g/mol. The van der Waals surface area contributed by atoms with Crippen LogP contribution < -0.4 is 0 Å². The van der Waals surface area contributed by atoms with Crippen LogP contribution in [0.3, 0.4) is 0 Å². The lowest BCUT2D eigenvalue weighted by atomic mass is 9.91. The van der Waals surface area contributed by atoms with E-state index in [1.807, 2.05) is 25.7 Å². The van der Waals surface area contributed by atoms with Crippen molar-refractivity contribution in [3.8, 4) is 0 Å². The minimum atomic E-state index is -0.235. The molecule has 0 saturated carbocycles.